The largest absolute Gasteiger partial charge is 0.490 e. The lowest BCUT2D eigenvalue weighted by Crippen LogP contribution is -2.30. The van der Waals surface area contributed by atoms with Crippen LogP contribution < -0.4 is 5.73 Å². The molecule has 2 atom stereocenters. The first-order valence-electron chi connectivity index (χ1n) is 7.45. The van der Waals surface area contributed by atoms with Crippen LogP contribution in [0.3, 0.4) is 0 Å². The third-order valence-electron chi connectivity index (χ3n) is 3.16. The van der Waals surface area contributed by atoms with Crippen molar-refractivity contribution in [1.29, 1.82) is 0 Å². The Labute approximate surface area is 134 Å². The highest BCUT2D eigenvalue weighted by molar-refractivity contribution is 5.75. The van der Waals surface area contributed by atoms with Crippen molar-refractivity contribution in [2.24, 2.45) is 11.7 Å². The summed E-state index contributed by atoms with van der Waals surface area (Å²) in [6.45, 7) is 3.69. The standard InChI is InChI=1S/C17H22F3NO2/c1-12(2)11-14(23-16(22)17(18,19)20)9-6-10-15(21)13-7-4-3-5-8-13/h3-9,12,14-15H,10-11,21H2,1-2H3. The molecule has 0 aliphatic carbocycles. The number of hydrogen-bond donors (Lipinski definition) is 1. The topological polar surface area (TPSA) is 52.3 Å². The van der Waals surface area contributed by atoms with Crippen molar-refractivity contribution < 1.29 is 22.7 Å². The summed E-state index contributed by atoms with van der Waals surface area (Å²) in [5, 5.41) is 0. The van der Waals surface area contributed by atoms with Crippen molar-refractivity contribution in [2.75, 3.05) is 0 Å². The molecular formula is C17H22F3NO2. The fourth-order valence-electron chi connectivity index (χ4n) is 2.05. The van der Waals surface area contributed by atoms with Crippen molar-refractivity contribution in [1.82, 2.24) is 0 Å². The molecule has 0 radical (unpaired) electrons. The SMILES string of the molecule is CC(C)CC(C=CCC(N)c1ccccc1)OC(=O)C(F)(F)F. The lowest BCUT2D eigenvalue weighted by Gasteiger charge is -2.17. The van der Waals surface area contributed by atoms with Crippen LogP contribution in [0.4, 0.5) is 13.2 Å². The first kappa shape index (κ1) is 19.2. The molecule has 1 rings (SSSR count). The van der Waals surface area contributed by atoms with E-state index in [1.807, 2.05) is 44.2 Å². The summed E-state index contributed by atoms with van der Waals surface area (Å²) < 4.78 is 41.4. The van der Waals surface area contributed by atoms with Gasteiger partial charge < -0.3 is 10.5 Å². The van der Waals surface area contributed by atoms with Crippen LogP contribution in [0.5, 0.6) is 0 Å². The lowest BCUT2D eigenvalue weighted by atomic mass is 10.0. The molecule has 0 aliphatic heterocycles. The Kier molecular flexibility index (Phi) is 7.29. The zero-order chi connectivity index (χ0) is 17.5. The minimum atomic E-state index is -4.98. The van der Waals surface area contributed by atoms with Crippen LogP contribution in [0.25, 0.3) is 0 Å². The van der Waals surface area contributed by atoms with Crippen molar-refractivity contribution in [3.8, 4) is 0 Å². The van der Waals surface area contributed by atoms with Crippen molar-refractivity contribution in [2.45, 2.75) is 45.0 Å². The molecule has 1 aromatic carbocycles. The number of benzene rings is 1. The Morgan fingerprint density at radius 2 is 1.87 bits per heavy atom. The van der Waals surface area contributed by atoms with Crippen molar-refractivity contribution >= 4 is 5.97 Å². The van der Waals surface area contributed by atoms with Crippen LogP contribution >= 0.6 is 0 Å². The van der Waals surface area contributed by atoms with Gasteiger partial charge in [0.05, 0.1) is 0 Å². The smallest absolute Gasteiger partial charge is 0.451 e. The highest BCUT2D eigenvalue weighted by Crippen LogP contribution is 2.21. The zero-order valence-corrected chi connectivity index (χ0v) is 13.2. The highest BCUT2D eigenvalue weighted by atomic mass is 19.4. The predicted molar refractivity (Wildman–Crippen MR) is 82.5 cm³/mol. The Hall–Kier alpha value is -1.82. The van der Waals surface area contributed by atoms with E-state index in [0.29, 0.717) is 12.8 Å². The zero-order valence-electron chi connectivity index (χ0n) is 13.2. The van der Waals surface area contributed by atoms with E-state index in [0.717, 1.165) is 5.56 Å². The molecule has 3 nitrogen and oxygen atoms in total. The molecule has 0 aliphatic rings. The average Bonchev–Trinajstić information content (AvgIpc) is 2.46. The van der Waals surface area contributed by atoms with Crippen molar-refractivity contribution in [3.05, 3.63) is 48.0 Å². The molecule has 0 fully saturated rings. The second-order valence-electron chi connectivity index (χ2n) is 5.75. The van der Waals surface area contributed by atoms with Crippen LogP contribution in [0.1, 0.15) is 38.3 Å². The number of esters is 1. The number of alkyl halides is 3. The molecular weight excluding hydrogens is 307 g/mol. The number of carbonyl (C=O) groups is 1. The van der Waals surface area contributed by atoms with Crippen LogP contribution in [-0.2, 0) is 9.53 Å². The first-order chi connectivity index (χ1) is 10.7. The van der Waals surface area contributed by atoms with Gasteiger partial charge in [-0.1, -0.05) is 50.3 Å². The lowest BCUT2D eigenvalue weighted by molar-refractivity contribution is -0.203. The van der Waals surface area contributed by atoms with E-state index >= 15 is 0 Å². The quantitative estimate of drug-likeness (QED) is 0.604. The molecule has 1 aromatic rings. The predicted octanol–water partition coefficient (Wildman–Crippen LogP) is 4.15. The molecule has 128 valence electrons. The van der Waals surface area contributed by atoms with Gasteiger partial charge in [0.15, 0.2) is 0 Å². The van der Waals surface area contributed by atoms with E-state index in [-0.39, 0.29) is 12.0 Å². The normalized spacial score (nSPS) is 14.9. The Bertz CT molecular complexity index is 512. The van der Waals surface area contributed by atoms with Crippen LogP contribution in [0.15, 0.2) is 42.5 Å². The summed E-state index contributed by atoms with van der Waals surface area (Å²) in [5.41, 5.74) is 6.95. The monoisotopic (exact) mass is 329 g/mol. The number of ether oxygens (including phenoxy) is 1. The number of nitrogens with two attached hydrogens (primary N) is 1. The van der Waals surface area contributed by atoms with Gasteiger partial charge in [-0.05, 0) is 30.4 Å². The molecule has 0 aromatic heterocycles. The highest BCUT2D eigenvalue weighted by Gasteiger charge is 2.42. The van der Waals surface area contributed by atoms with Crippen LogP contribution in [0.2, 0.25) is 0 Å². The summed E-state index contributed by atoms with van der Waals surface area (Å²) in [6, 6.07) is 9.12. The minimum Gasteiger partial charge on any atom is -0.451 e. The van der Waals surface area contributed by atoms with Crippen LogP contribution in [-0.4, -0.2) is 18.2 Å². The molecule has 23 heavy (non-hydrogen) atoms. The van der Waals surface area contributed by atoms with E-state index in [1.54, 1.807) is 6.08 Å². The van der Waals surface area contributed by atoms with Gasteiger partial charge in [0.2, 0.25) is 0 Å². The van der Waals surface area contributed by atoms with E-state index in [2.05, 4.69) is 4.74 Å². The van der Waals surface area contributed by atoms with Gasteiger partial charge in [-0.15, -0.1) is 0 Å². The number of halogens is 3. The van der Waals surface area contributed by atoms with E-state index < -0.39 is 18.2 Å². The third-order valence-corrected chi connectivity index (χ3v) is 3.16. The molecule has 0 spiro atoms. The van der Waals surface area contributed by atoms with E-state index in [1.165, 1.54) is 6.08 Å². The molecule has 0 saturated carbocycles. The molecule has 2 unspecified atom stereocenters. The van der Waals surface area contributed by atoms with E-state index in [9.17, 15) is 18.0 Å². The van der Waals surface area contributed by atoms with Crippen molar-refractivity contribution in [3.63, 3.8) is 0 Å². The third kappa shape index (κ3) is 7.32. The maximum atomic E-state index is 12.3. The fourth-order valence-corrected chi connectivity index (χ4v) is 2.05. The fraction of sp³-hybridized carbons (Fsp3) is 0.471. The van der Waals surface area contributed by atoms with Gasteiger partial charge in [0, 0.05) is 6.04 Å². The Morgan fingerprint density at radius 3 is 2.39 bits per heavy atom. The maximum absolute atomic E-state index is 12.3. The Balaban J connectivity index is 2.64. The van der Waals surface area contributed by atoms with Gasteiger partial charge >= 0.3 is 12.1 Å². The number of carbonyl (C=O) groups excluding carboxylic acids is 1. The van der Waals surface area contributed by atoms with Gasteiger partial charge in [0.25, 0.3) is 0 Å². The second kappa shape index (κ2) is 8.72. The molecule has 2 N–H and O–H groups in total. The number of rotatable bonds is 7. The van der Waals surface area contributed by atoms with Crippen LogP contribution in [0, 0.1) is 5.92 Å². The molecule has 0 bridgehead atoms. The number of hydrogen-bond acceptors (Lipinski definition) is 3. The van der Waals surface area contributed by atoms with Gasteiger partial charge in [-0.25, -0.2) is 4.79 Å². The summed E-state index contributed by atoms with van der Waals surface area (Å²) in [7, 11) is 0. The van der Waals surface area contributed by atoms with Gasteiger partial charge in [-0.2, -0.15) is 13.2 Å². The molecule has 0 saturated heterocycles. The summed E-state index contributed by atoms with van der Waals surface area (Å²) in [6.07, 6.45) is -1.99. The maximum Gasteiger partial charge on any atom is 0.490 e. The molecule has 0 heterocycles. The summed E-state index contributed by atoms with van der Waals surface area (Å²) in [4.78, 5) is 11.0. The Morgan fingerprint density at radius 1 is 1.26 bits per heavy atom. The average molecular weight is 329 g/mol. The van der Waals surface area contributed by atoms with Gasteiger partial charge in [0.1, 0.15) is 6.10 Å². The minimum absolute atomic E-state index is 0.0912. The molecule has 0 amide bonds. The first-order valence-corrected chi connectivity index (χ1v) is 7.45. The molecule has 6 heteroatoms. The van der Waals surface area contributed by atoms with E-state index in [4.69, 9.17) is 5.73 Å². The van der Waals surface area contributed by atoms with Gasteiger partial charge in [-0.3, -0.25) is 0 Å². The summed E-state index contributed by atoms with van der Waals surface area (Å²) in [5.74, 6) is -2.08. The second-order valence-corrected chi connectivity index (χ2v) is 5.75. The summed E-state index contributed by atoms with van der Waals surface area (Å²) >= 11 is 0.